The Morgan fingerprint density at radius 3 is 2.72 bits per heavy atom. The van der Waals surface area contributed by atoms with Gasteiger partial charge < -0.3 is 10.6 Å². The number of amides is 2. The summed E-state index contributed by atoms with van der Waals surface area (Å²) >= 11 is 0. The number of carbonyl (C=O) groups is 1. The minimum atomic E-state index is -0.588. The molecule has 0 aliphatic carbocycles. The van der Waals surface area contributed by atoms with Gasteiger partial charge in [0.1, 0.15) is 0 Å². The third-order valence-electron chi connectivity index (χ3n) is 2.46. The summed E-state index contributed by atoms with van der Waals surface area (Å²) in [5.74, 6) is 0.0188. The van der Waals surface area contributed by atoms with E-state index in [0.717, 1.165) is 11.4 Å². The highest BCUT2D eigenvalue weighted by molar-refractivity contribution is 5.78. The maximum atomic E-state index is 11.5. The number of nitrogens with one attached hydrogen (secondary N) is 2. The molecule has 1 unspecified atom stereocenters. The fourth-order valence-electron chi connectivity index (χ4n) is 1.39. The van der Waals surface area contributed by atoms with E-state index in [1.54, 1.807) is 6.29 Å². The highest BCUT2D eigenvalue weighted by atomic mass is 16.2. The molecule has 0 saturated carbocycles. The summed E-state index contributed by atoms with van der Waals surface area (Å²) in [6.45, 7) is 5.91. The Kier molecular flexibility index (Phi) is 5.30. The Labute approximate surface area is 107 Å². The molecule has 0 aromatic carbocycles. The van der Waals surface area contributed by atoms with Crippen LogP contribution in [0.2, 0.25) is 0 Å². The van der Waals surface area contributed by atoms with E-state index in [1.807, 2.05) is 39.0 Å². The SMILES string of the molecule is Cc1cccc(CNC(=O)NC([C]=O)C(C)C)n1. The van der Waals surface area contributed by atoms with E-state index in [1.165, 1.54) is 0 Å². The molecular formula is C13H18N3O2. The number of carbonyl (C=O) groups excluding carboxylic acids is 2. The molecule has 0 aliphatic rings. The normalized spacial score (nSPS) is 12.0. The van der Waals surface area contributed by atoms with E-state index < -0.39 is 6.04 Å². The lowest BCUT2D eigenvalue weighted by Crippen LogP contribution is -2.45. The summed E-state index contributed by atoms with van der Waals surface area (Å²) in [5.41, 5.74) is 1.68. The number of pyridine rings is 1. The quantitative estimate of drug-likeness (QED) is 0.825. The van der Waals surface area contributed by atoms with Crippen molar-refractivity contribution < 1.29 is 9.59 Å². The van der Waals surface area contributed by atoms with Gasteiger partial charge in [-0.25, -0.2) is 4.79 Å². The van der Waals surface area contributed by atoms with Crippen LogP contribution >= 0.6 is 0 Å². The highest BCUT2D eigenvalue weighted by Gasteiger charge is 2.15. The number of aryl methyl sites for hydroxylation is 1. The summed E-state index contributed by atoms with van der Waals surface area (Å²) < 4.78 is 0. The molecular weight excluding hydrogens is 230 g/mol. The lowest BCUT2D eigenvalue weighted by atomic mass is 10.1. The van der Waals surface area contributed by atoms with Crippen LogP contribution in [0.15, 0.2) is 18.2 Å². The maximum absolute atomic E-state index is 11.5. The van der Waals surface area contributed by atoms with Gasteiger partial charge in [0.2, 0.25) is 6.29 Å². The summed E-state index contributed by atoms with van der Waals surface area (Å²) in [6, 6.07) is 4.63. The molecule has 1 heterocycles. The summed E-state index contributed by atoms with van der Waals surface area (Å²) in [4.78, 5) is 26.4. The second-order valence-corrected chi connectivity index (χ2v) is 4.44. The molecule has 2 N–H and O–H groups in total. The van der Waals surface area contributed by atoms with Crippen LogP contribution in [0.5, 0.6) is 0 Å². The Bertz CT molecular complexity index is 418. The zero-order valence-corrected chi connectivity index (χ0v) is 10.9. The molecule has 1 aromatic heterocycles. The molecule has 0 aliphatic heterocycles. The molecule has 97 valence electrons. The topological polar surface area (TPSA) is 71.1 Å². The second kappa shape index (κ2) is 6.74. The van der Waals surface area contributed by atoms with Gasteiger partial charge in [0.05, 0.1) is 18.3 Å². The zero-order valence-electron chi connectivity index (χ0n) is 10.9. The largest absolute Gasteiger partial charge is 0.332 e. The number of urea groups is 1. The lowest BCUT2D eigenvalue weighted by molar-refractivity contribution is 0.236. The molecule has 0 saturated heterocycles. The van der Waals surface area contributed by atoms with Gasteiger partial charge in [-0.2, -0.15) is 0 Å². The number of rotatable bonds is 5. The number of nitrogens with zero attached hydrogens (tertiary/aromatic N) is 1. The second-order valence-electron chi connectivity index (χ2n) is 4.44. The summed E-state index contributed by atoms with van der Waals surface area (Å²) in [5, 5.41) is 5.20. The lowest BCUT2D eigenvalue weighted by Gasteiger charge is -2.15. The fourth-order valence-corrected chi connectivity index (χ4v) is 1.39. The number of hydrogen-bond donors (Lipinski definition) is 2. The molecule has 0 spiro atoms. The van der Waals surface area contributed by atoms with E-state index in [9.17, 15) is 9.59 Å². The van der Waals surface area contributed by atoms with E-state index in [0.29, 0.717) is 6.54 Å². The van der Waals surface area contributed by atoms with Gasteiger partial charge in [-0.3, -0.25) is 9.78 Å². The van der Waals surface area contributed by atoms with Crippen LogP contribution in [-0.4, -0.2) is 23.3 Å². The van der Waals surface area contributed by atoms with E-state index in [4.69, 9.17) is 0 Å². The van der Waals surface area contributed by atoms with Crippen molar-refractivity contribution in [2.24, 2.45) is 5.92 Å². The van der Waals surface area contributed by atoms with Gasteiger partial charge in [0.25, 0.3) is 0 Å². The summed E-state index contributed by atoms with van der Waals surface area (Å²) in [6.07, 6.45) is 1.80. The van der Waals surface area contributed by atoms with Crippen molar-refractivity contribution in [2.45, 2.75) is 33.4 Å². The van der Waals surface area contributed by atoms with Crippen molar-refractivity contribution in [1.29, 1.82) is 0 Å². The molecule has 5 heteroatoms. The van der Waals surface area contributed by atoms with Crippen LogP contribution in [-0.2, 0) is 11.3 Å². The molecule has 1 radical (unpaired) electrons. The predicted octanol–water partition coefficient (Wildman–Crippen LogP) is 1.32. The first kappa shape index (κ1) is 14.2. The fraction of sp³-hybridized carbons (Fsp3) is 0.462. The van der Waals surface area contributed by atoms with E-state index in [-0.39, 0.29) is 11.9 Å². The van der Waals surface area contributed by atoms with Crippen LogP contribution in [0.1, 0.15) is 25.2 Å². The summed E-state index contributed by atoms with van der Waals surface area (Å²) in [7, 11) is 0. The number of aromatic nitrogens is 1. The van der Waals surface area contributed by atoms with Crippen molar-refractivity contribution in [3.63, 3.8) is 0 Å². The first-order valence-corrected chi connectivity index (χ1v) is 5.87. The Morgan fingerprint density at radius 1 is 1.44 bits per heavy atom. The van der Waals surface area contributed by atoms with E-state index in [2.05, 4.69) is 15.6 Å². The standard InChI is InChI=1S/C13H18N3O2/c1-9(2)12(8-17)16-13(18)14-7-11-6-4-5-10(3)15-11/h4-6,9,12H,7H2,1-3H3,(H2,14,16,18). The molecule has 0 bridgehead atoms. The van der Waals surface area contributed by atoms with Gasteiger partial charge in [0, 0.05) is 5.69 Å². The first-order chi connectivity index (χ1) is 8.52. The van der Waals surface area contributed by atoms with Crippen molar-refractivity contribution >= 4 is 12.3 Å². The van der Waals surface area contributed by atoms with Crippen LogP contribution in [0.25, 0.3) is 0 Å². The highest BCUT2D eigenvalue weighted by Crippen LogP contribution is 1.99. The predicted molar refractivity (Wildman–Crippen MR) is 68.7 cm³/mol. The van der Waals surface area contributed by atoms with Gasteiger partial charge in [-0.15, -0.1) is 0 Å². The van der Waals surface area contributed by atoms with Gasteiger partial charge in [0.15, 0.2) is 0 Å². The molecule has 5 nitrogen and oxygen atoms in total. The molecule has 0 fully saturated rings. The van der Waals surface area contributed by atoms with Gasteiger partial charge in [-0.05, 0) is 25.0 Å². The van der Waals surface area contributed by atoms with Crippen LogP contribution < -0.4 is 10.6 Å². The molecule has 1 rings (SSSR count). The van der Waals surface area contributed by atoms with E-state index >= 15 is 0 Å². The van der Waals surface area contributed by atoms with Crippen molar-refractivity contribution in [1.82, 2.24) is 15.6 Å². The molecule has 18 heavy (non-hydrogen) atoms. The third kappa shape index (κ3) is 4.53. The minimum Gasteiger partial charge on any atom is -0.332 e. The Morgan fingerprint density at radius 2 is 2.17 bits per heavy atom. The van der Waals surface area contributed by atoms with Crippen LogP contribution in [0.3, 0.4) is 0 Å². The van der Waals surface area contributed by atoms with Crippen molar-refractivity contribution in [3.8, 4) is 0 Å². The van der Waals surface area contributed by atoms with Crippen molar-refractivity contribution in [3.05, 3.63) is 29.6 Å². The molecule has 1 aromatic rings. The van der Waals surface area contributed by atoms with Crippen LogP contribution in [0, 0.1) is 12.8 Å². The Hall–Kier alpha value is -1.91. The smallest absolute Gasteiger partial charge is 0.315 e. The number of hydrogen-bond acceptors (Lipinski definition) is 3. The molecule has 2 amide bonds. The maximum Gasteiger partial charge on any atom is 0.315 e. The van der Waals surface area contributed by atoms with Gasteiger partial charge in [-0.1, -0.05) is 19.9 Å². The zero-order chi connectivity index (χ0) is 13.5. The first-order valence-electron chi connectivity index (χ1n) is 5.87. The monoisotopic (exact) mass is 248 g/mol. The van der Waals surface area contributed by atoms with Gasteiger partial charge >= 0.3 is 6.03 Å². The third-order valence-corrected chi connectivity index (χ3v) is 2.46. The Balaban J connectivity index is 2.44. The molecule has 1 atom stereocenters. The minimum absolute atomic E-state index is 0.0188. The van der Waals surface area contributed by atoms with Crippen LogP contribution in [0.4, 0.5) is 4.79 Å². The van der Waals surface area contributed by atoms with Crippen molar-refractivity contribution in [2.75, 3.05) is 0 Å². The average molecular weight is 248 g/mol. The average Bonchev–Trinajstić information content (AvgIpc) is 2.33.